The number of anilines is 1. The van der Waals surface area contributed by atoms with Gasteiger partial charge in [-0.2, -0.15) is 0 Å². The molecule has 1 N–H and O–H groups in total. The van der Waals surface area contributed by atoms with Crippen molar-refractivity contribution < 1.29 is 4.79 Å². The number of carbonyl (C=O) groups excluding carboxylic acids is 1. The summed E-state index contributed by atoms with van der Waals surface area (Å²) in [5.41, 5.74) is 2.05. The molecule has 1 amide bonds. The number of hydrogen-bond donors (Lipinski definition) is 1. The molecule has 0 aromatic heterocycles. The lowest BCUT2D eigenvalue weighted by Gasteiger charge is -2.27. The summed E-state index contributed by atoms with van der Waals surface area (Å²) in [5, 5.41) is 4.71. The van der Waals surface area contributed by atoms with Crippen LogP contribution < -0.4 is 5.32 Å². The van der Waals surface area contributed by atoms with Gasteiger partial charge in [-0.05, 0) is 62.1 Å². The zero-order valence-electron chi connectivity index (χ0n) is 16.1. The largest absolute Gasteiger partial charge is 0.325 e. The quantitative estimate of drug-likeness (QED) is 0.468. The first-order valence-corrected chi connectivity index (χ1v) is 12.3. The van der Waals surface area contributed by atoms with Crippen LogP contribution >= 0.6 is 50.9 Å². The maximum Gasteiger partial charge on any atom is 0.234 e. The summed E-state index contributed by atoms with van der Waals surface area (Å²) in [6.07, 6.45) is 5.32. The lowest BCUT2D eigenvalue weighted by Crippen LogP contribution is -2.25. The van der Waals surface area contributed by atoms with Gasteiger partial charge in [0.1, 0.15) is 5.04 Å². The Labute approximate surface area is 198 Å². The minimum absolute atomic E-state index is 0.0805. The van der Waals surface area contributed by atoms with E-state index in [1.165, 1.54) is 18.2 Å². The van der Waals surface area contributed by atoms with Crippen LogP contribution in [0.5, 0.6) is 0 Å². The summed E-state index contributed by atoms with van der Waals surface area (Å²) in [7, 11) is 0. The van der Waals surface area contributed by atoms with Gasteiger partial charge in [0.15, 0.2) is 5.66 Å². The third kappa shape index (κ3) is 5.10. The highest BCUT2D eigenvalue weighted by atomic mass is 79.9. The van der Waals surface area contributed by atoms with Gasteiger partial charge < -0.3 is 5.32 Å². The summed E-state index contributed by atoms with van der Waals surface area (Å²) >= 11 is 17.2. The van der Waals surface area contributed by atoms with Gasteiger partial charge in [-0.15, -0.1) is 0 Å². The zero-order valence-corrected chi connectivity index (χ0v) is 20.0. The number of carbonyl (C=O) groups is 1. The number of thioether (sulfide) groups is 1. The Hall–Kier alpha value is -1.34. The number of hydrogen-bond acceptors (Lipinski definition) is 4. The van der Waals surface area contributed by atoms with E-state index in [0.717, 1.165) is 52.2 Å². The van der Waals surface area contributed by atoms with E-state index >= 15 is 0 Å². The topological polar surface area (TPSA) is 53.8 Å². The normalized spacial score (nSPS) is 17.6. The fraction of sp³-hybridized carbons (Fsp3) is 0.318. The van der Waals surface area contributed by atoms with Crippen molar-refractivity contribution in [3.8, 4) is 0 Å². The van der Waals surface area contributed by atoms with Gasteiger partial charge in [0.25, 0.3) is 0 Å². The molecule has 30 heavy (non-hydrogen) atoms. The molecule has 8 heteroatoms. The second-order valence-electron chi connectivity index (χ2n) is 7.39. The Bertz CT molecular complexity index is 1020. The monoisotopic (exact) mass is 523 g/mol. The Morgan fingerprint density at radius 3 is 2.47 bits per heavy atom. The van der Waals surface area contributed by atoms with Crippen LogP contribution in [0.4, 0.5) is 5.69 Å². The van der Waals surface area contributed by atoms with E-state index in [2.05, 4.69) is 21.2 Å². The van der Waals surface area contributed by atoms with Crippen LogP contribution in [0.1, 0.15) is 37.7 Å². The summed E-state index contributed by atoms with van der Waals surface area (Å²) in [5.74, 6) is 0.175. The molecule has 4 rings (SSSR count). The van der Waals surface area contributed by atoms with E-state index in [9.17, 15) is 4.79 Å². The molecule has 0 unspecified atom stereocenters. The minimum atomic E-state index is -0.399. The smallest absolute Gasteiger partial charge is 0.234 e. The van der Waals surface area contributed by atoms with Crippen LogP contribution in [0.3, 0.4) is 0 Å². The number of halogens is 3. The van der Waals surface area contributed by atoms with E-state index < -0.39 is 5.66 Å². The predicted molar refractivity (Wildman–Crippen MR) is 131 cm³/mol. The number of amides is 1. The van der Waals surface area contributed by atoms with Crippen LogP contribution in [-0.4, -0.2) is 28.1 Å². The molecule has 0 bridgehead atoms. The van der Waals surface area contributed by atoms with Crippen molar-refractivity contribution in [2.75, 3.05) is 11.1 Å². The standard InChI is InChI=1S/C22H20BrCl2N3OS/c23-15-5-7-16(8-6-15)26-19(29)13-30-21-20(14-4-9-17(24)18(25)12-14)27-22(28-21)10-2-1-3-11-22/h4-9,12H,1-3,10-11,13H2,(H,26,29). The Kier molecular flexibility index (Phi) is 6.88. The van der Waals surface area contributed by atoms with Crippen LogP contribution in [0.25, 0.3) is 0 Å². The Morgan fingerprint density at radius 1 is 1.03 bits per heavy atom. The van der Waals surface area contributed by atoms with E-state index in [1.807, 2.05) is 36.4 Å². The Morgan fingerprint density at radius 2 is 1.77 bits per heavy atom. The first-order chi connectivity index (χ1) is 14.4. The molecule has 4 nitrogen and oxygen atoms in total. The molecule has 0 atom stereocenters. The summed E-state index contributed by atoms with van der Waals surface area (Å²) in [6, 6.07) is 13.0. The highest BCUT2D eigenvalue weighted by Gasteiger charge is 2.38. The summed E-state index contributed by atoms with van der Waals surface area (Å²) in [6.45, 7) is 0. The molecule has 2 aromatic carbocycles. The van der Waals surface area contributed by atoms with Crippen LogP contribution in [-0.2, 0) is 4.79 Å². The molecule has 1 aliphatic carbocycles. The van der Waals surface area contributed by atoms with Gasteiger partial charge in [0, 0.05) is 15.7 Å². The first kappa shape index (κ1) is 21.9. The molecule has 156 valence electrons. The SMILES string of the molecule is O=C(CSC1=NC2(CCCCC2)N=C1c1ccc(Cl)c(Cl)c1)Nc1ccc(Br)cc1. The predicted octanol–water partition coefficient (Wildman–Crippen LogP) is 6.99. The molecular weight excluding hydrogens is 505 g/mol. The molecule has 2 aromatic rings. The van der Waals surface area contributed by atoms with Crippen molar-refractivity contribution in [1.82, 2.24) is 0 Å². The van der Waals surface area contributed by atoms with Gasteiger partial charge in [-0.25, -0.2) is 4.99 Å². The van der Waals surface area contributed by atoms with Crippen molar-refractivity contribution in [3.05, 3.63) is 62.5 Å². The maximum absolute atomic E-state index is 12.5. The third-order valence-electron chi connectivity index (χ3n) is 5.15. The van der Waals surface area contributed by atoms with Gasteiger partial charge in [-0.3, -0.25) is 9.79 Å². The molecule has 1 spiro atoms. The lowest BCUT2D eigenvalue weighted by molar-refractivity contribution is -0.113. The second kappa shape index (κ2) is 9.43. The molecule has 2 aliphatic rings. The van der Waals surface area contributed by atoms with Crippen LogP contribution in [0.15, 0.2) is 56.9 Å². The highest BCUT2D eigenvalue weighted by Crippen LogP contribution is 2.39. The summed E-state index contributed by atoms with van der Waals surface area (Å²) in [4.78, 5) is 22.5. The molecular formula is C22H20BrCl2N3OS. The van der Waals surface area contributed by atoms with Gasteiger partial charge >= 0.3 is 0 Å². The molecule has 1 saturated carbocycles. The fourth-order valence-electron chi connectivity index (χ4n) is 3.66. The van der Waals surface area contributed by atoms with Gasteiger partial charge in [0.05, 0.1) is 21.5 Å². The number of nitrogens with one attached hydrogen (secondary N) is 1. The molecule has 1 heterocycles. The number of benzene rings is 2. The third-order valence-corrected chi connectivity index (χ3v) is 7.38. The first-order valence-electron chi connectivity index (χ1n) is 9.78. The van der Waals surface area contributed by atoms with E-state index in [0.29, 0.717) is 10.0 Å². The van der Waals surface area contributed by atoms with E-state index in [1.54, 1.807) is 6.07 Å². The average Bonchev–Trinajstić information content (AvgIpc) is 3.08. The van der Waals surface area contributed by atoms with Crippen LogP contribution in [0.2, 0.25) is 10.0 Å². The van der Waals surface area contributed by atoms with Gasteiger partial charge in [-0.1, -0.05) is 63.4 Å². The average molecular weight is 525 g/mol. The summed E-state index contributed by atoms with van der Waals surface area (Å²) < 4.78 is 0.968. The van der Waals surface area contributed by atoms with E-state index in [-0.39, 0.29) is 11.7 Å². The van der Waals surface area contributed by atoms with E-state index in [4.69, 9.17) is 33.2 Å². The molecule has 1 fully saturated rings. The number of nitrogens with zero attached hydrogens (tertiary/aromatic N) is 2. The van der Waals surface area contributed by atoms with Crippen molar-refractivity contribution in [1.29, 1.82) is 0 Å². The van der Waals surface area contributed by atoms with Crippen LogP contribution in [0, 0.1) is 0 Å². The Balaban J connectivity index is 1.52. The number of aliphatic imine (C=N–C) groups is 2. The second-order valence-corrected chi connectivity index (χ2v) is 10.1. The molecule has 1 aliphatic heterocycles. The van der Waals surface area contributed by atoms with Crippen molar-refractivity contribution in [3.63, 3.8) is 0 Å². The number of rotatable bonds is 4. The van der Waals surface area contributed by atoms with Crippen molar-refractivity contribution >= 4 is 73.2 Å². The lowest BCUT2D eigenvalue weighted by atomic mass is 9.90. The minimum Gasteiger partial charge on any atom is -0.325 e. The molecule has 0 radical (unpaired) electrons. The highest BCUT2D eigenvalue weighted by molar-refractivity contribution is 9.10. The van der Waals surface area contributed by atoms with Crippen molar-refractivity contribution in [2.24, 2.45) is 9.98 Å². The van der Waals surface area contributed by atoms with Gasteiger partial charge in [0.2, 0.25) is 5.91 Å². The zero-order chi connectivity index (χ0) is 21.1. The maximum atomic E-state index is 12.5. The molecule has 0 saturated heterocycles. The van der Waals surface area contributed by atoms with Crippen molar-refractivity contribution in [2.45, 2.75) is 37.8 Å². The fourth-order valence-corrected chi connectivity index (χ4v) is 5.10.